The topological polar surface area (TPSA) is 112 Å². The Labute approximate surface area is 234 Å². The van der Waals surface area contributed by atoms with E-state index < -0.39 is 34.4 Å². The van der Waals surface area contributed by atoms with Gasteiger partial charge in [0.1, 0.15) is 11.0 Å². The van der Waals surface area contributed by atoms with E-state index in [4.69, 9.17) is 28.3 Å². The highest BCUT2D eigenvalue weighted by atomic mass is 35.5. The van der Waals surface area contributed by atoms with E-state index in [1.54, 1.807) is 26.4 Å². The molecule has 0 saturated carbocycles. The first kappa shape index (κ1) is 27.8. The van der Waals surface area contributed by atoms with Gasteiger partial charge in [-0.25, -0.2) is 22.2 Å². The van der Waals surface area contributed by atoms with Gasteiger partial charge in [0.2, 0.25) is 10.0 Å². The van der Waals surface area contributed by atoms with Gasteiger partial charge in [0.15, 0.2) is 5.65 Å². The fourth-order valence-corrected chi connectivity index (χ4v) is 6.04. The number of alkyl halides is 2. The third kappa shape index (κ3) is 6.06. The van der Waals surface area contributed by atoms with Crippen molar-refractivity contribution in [3.8, 4) is 0 Å². The molecule has 2 aliphatic heterocycles. The molecule has 5 rings (SSSR count). The number of benzene rings is 1. The number of nitrogens with one attached hydrogen (secondary N) is 2. The molecule has 1 amide bonds. The zero-order valence-electron chi connectivity index (χ0n) is 20.9. The van der Waals surface area contributed by atoms with Crippen LogP contribution in [0.4, 0.5) is 20.3 Å². The predicted molar refractivity (Wildman–Crippen MR) is 146 cm³/mol. The summed E-state index contributed by atoms with van der Waals surface area (Å²) in [6, 6.07) is 6.32. The lowest BCUT2D eigenvalue weighted by atomic mass is 9.98. The molecule has 0 bridgehead atoms. The molecule has 10 nitrogen and oxygen atoms in total. The van der Waals surface area contributed by atoms with Gasteiger partial charge in [0.25, 0.3) is 12.3 Å². The van der Waals surface area contributed by atoms with Gasteiger partial charge in [-0.05, 0) is 37.5 Å². The number of anilines is 2. The minimum atomic E-state index is -3.65. The molecule has 39 heavy (non-hydrogen) atoms. The van der Waals surface area contributed by atoms with Crippen molar-refractivity contribution in [1.29, 1.82) is 0 Å². The molecule has 0 aliphatic carbocycles. The summed E-state index contributed by atoms with van der Waals surface area (Å²) in [7, 11) is -3.65. The van der Waals surface area contributed by atoms with Crippen molar-refractivity contribution in [2.24, 2.45) is 0 Å². The number of hydrogen-bond donors (Lipinski definition) is 2. The van der Waals surface area contributed by atoms with Gasteiger partial charge in [0, 0.05) is 43.3 Å². The van der Waals surface area contributed by atoms with Crippen LogP contribution in [-0.2, 0) is 10.0 Å². The van der Waals surface area contributed by atoms with Crippen LogP contribution in [0.3, 0.4) is 0 Å². The second-order valence-corrected chi connectivity index (χ2v) is 12.3. The number of piperazine rings is 1. The second kappa shape index (κ2) is 11.0. The summed E-state index contributed by atoms with van der Waals surface area (Å²) >= 11 is 12.5. The molecule has 0 radical (unpaired) electrons. The number of hydrogen-bond acceptors (Lipinski definition) is 7. The van der Waals surface area contributed by atoms with Gasteiger partial charge in [-0.1, -0.05) is 23.2 Å². The summed E-state index contributed by atoms with van der Waals surface area (Å²) in [5.74, 6) is 0.144. The molecule has 15 heteroatoms. The Kier molecular flexibility index (Phi) is 7.86. The molecule has 2 aliphatic rings. The zero-order chi connectivity index (χ0) is 27.9. The zero-order valence-corrected chi connectivity index (χ0v) is 23.3. The molecule has 1 aromatic carbocycles. The Balaban J connectivity index is 1.51. The van der Waals surface area contributed by atoms with Crippen LogP contribution in [0.1, 0.15) is 41.4 Å². The van der Waals surface area contributed by atoms with E-state index in [9.17, 15) is 22.0 Å². The van der Waals surface area contributed by atoms with Crippen molar-refractivity contribution in [3.05, 3.63) is 51.8 Å². The van der Waals surface area contributed by atoms with Crippen LogP contribution in [0.25, 0.3) is 5.65 Å². The van der Waals surface area contributed by atoms with Gasteiger partial charge < -0.3 is 15.1 Å². The Bertz CT molecular complexity index is 1500. The number of carbonyl (C=O) groups excluding carboxylic acids is 1. The number of piperidine rings is 1. The molecule has 210 valence electrons. The Morgan fingerprint density at radius 2 is 1.97 bits per heavy atom. The van der Waals surface area contributed by atoms with E-state index in [0.29, 0.717) is 48.2 Å². The van der Waals surface area contributed by atoms with Crippen molar-refractivity contribution >= 4 is 56.3 Å². The van der Waals surface area contributed by atoms with Crippen molar-refractivity contribution < 1.29 is 22.0 Å². The minimum absolute atomic E-state index is 0.0707. The molecule has 2 atom stereocenters. The fourth-order valence-electron chi connectivity index (χ4n) is 5.11. The standard InChI is InChI=1S/C24H27Cl2F2N7O3S/c1-39(37,38)32-16-6-5-14(25)10-15(16)24(36)34-8-3-2-4-19(34)17-11-21-30-20(26)12-22(35(21)31-17)33-9-7-29-18(13-33)23(27)28/h5-6,10-12,18-19,23,29,32H,2-4,7-9,13H2,1H3/t18-,19+/m1/s1. The molecule has 2 N–H and O–H groups in total. The highest BCUT2D eigenvalue weighted by molar-refractivity contribution is 7.92. The first-order valence-corrected chi connectivity index (χ1v) is 15.1. The molecular formula is C24H27Cl2F2N7O3S. The first-order chi connectivity index (χ1) is 18.5. The summed E-state index contributed by atoms with van der Waals surface area (Å²) in [5.41, 5.74) is 1.26. The number of sulfonamides is 1. The largest absolute Gasteiger partial charge is 0.353 e. The average Bonchev–Trinajstić information content (AvgIpc) is 3.32. The number of fused-ring (bicyclic) bond motifs is 1. The van der Waals surface area contributed by atoms with Gasteiger partial charge >= 0.3 is 0 Å². The summed E-state index contributed by atoms with van der Waals surface area (Å²) in [5, 5.41) is 8.08. The third-order valence-electron chi connectivity index (χ3n) is 6.84. The lowest BCUT2D eigenvalue weighted by molar-refractivity contribution is 0.0607. The maximum absolute atomic E-state index is 13.8. The monoisotopic (exact) mass is 601 g/mol. The maximum Gasteiger partial charge on any atom is 0.256 e. The van der Waals surface area contributed by atoms with Crippen molar-refractivity contribution in [2.75, 3.05) is 42.1 Å². The maximum atomic E-state index is 13.8. The van der Waals surface area contributed by atoms with Gasteiger partial charge in [-0.2, -0.15) is 9.61 Å². The molecule has 2 saturated heterocycles. The molecule has 4 heterocycles. The fraction of sp³-hybridized carbons (Fsp3) is 0.458. The number of amides is 1. The van der Waals surface area contributed by atoms with Crippen LogP contribution in [0, 0.1) is 0 Å². The molecule has 2 aromatic heterocycles. The molecule has 0 spiro atoms. The lowest BCUT2D eigenvalue weighted by Crippen LogP contribution is -2.54. The van der Waals surface area contributed by atoms with Gasteiger partial charge in [-0.3, -0.25) is 9.52 Å². The lowest BCUT2D eigenvalue weighted by Gasteiger charge is -2.35. The summed E-state index contributed by atoms with van der Waals surface area (Å²) in [4.78, 5) is 21.6. The third-order valence-corrected chi connectivity index (χ3v) is 7.86. The Morgan fingerprint density at radius 3 is 2.72 bits per heavy atom. The Hall–Kier alpha value is -2.74. The van der Waals surface area contributed by atoms with Crippen molar-refractivity contribution in [1.82, 2.24) is 24.8 Å². The van der Waals surface area contributed by atoms with E-state index in [-0.39, 0.29) is 22.9 Å². The van der Waals surface area contributed by atoms with Gasteiger partial charge in [-0.15, -0.1) is 0 Å². The highest BCUT2D eigenvalue weighted by Gasteiger charge is 2.33. The molecule has 2 fully saturated rings. The normalized spacial score (nSPS) is 20.6. The molecule has 3 aromatic rings. The number of halogens is 4. The van der Waals surface area contributed by atoms with E-state index in [1.807, 2.05) is 0 Å². The van der Waals surface area contributed by atoms with Crippen LogP contribution >= 0.6 is 23.2 Å². The van der Waals surface area contributed by atoms with E-state index >= 15 is 0 Å². The SMILES string of the molecule is CS(=O)(=O)Nc1ccc(Cl)cc1C(=O)N1CCCC[C@H]1c1cc2nc(Cl)cc(N3CCN[C@@H](C(F)F)C3)n2n1. The van der Waals surface area contributed by atoms with Crippen LogP contribution in [-0.4, -0.2) is 78.7 Å². The van der Waals surface area contributed by atoms with Crippen LogP contribution in [0.15, 0.2) is 30.3 Å². The van der Waals surface area contributed by atoms with Crippen molar-refractivity contribution in [2.45, 2.75) is 37.8 Å². The average molecular weight is 602 g/mol. The number of nitrogens with zero attached hydrogens (tertiary/aromatic N) is 5. The van der Waals surface area contributed by atoms with Crippen LogP contribution < -0.4 is 14.9 Å². The van der Waals surface area contributed by atoms with Crippen molar-refractivity contribution in [3.63, 3.8) is 0 Å². The van der Waals surface area contributed by atoms with Gasteiger partial charge in [0.05, 0.1) is 35.3 Å². The molecular weight excluding hydrogens is 575 g/mol. The molecule has 0 unspecified atom stereocenters. The summed E-state index contributed by atoms with van der Waals surface area (Å²) in [6.45, 7) is 1.35. The van der Waals surface area contributed by atoms with E-state index in [2.05, 4.69) is 15.0 Å². The smallest absolute Gasteiger partial charge is 0.256 e. The minimum Gasteiger partial charge on any atom is -0.353 e. The number of likely N-dealkylation sites (tertiary alicyclic amines) is 1. The highest BCUT2D eigenvalue weighted by Crippen LogP contribution is 2.35. The van der Waals surface area contributed by atoms with Crippen LogP contribution in [0.2, 0.25) is 10.2 Å². The second-order valence-electron chi connectivity index (χ2n) is 9.69. The van der Waals surface area contributed by atoms with E-state index in [1.165, 1.54) is 18.2 Å². The summed E-state index contributed by atoms with van der Waals surface area (Å²) in [6.07, 6.45) is 0.713. The Morgan fingerprint density at radius 1 is 1.18 bits per heavy atom. The number of rotatable bonds is 6. The predicted octanol–water partition coefficient (Wildman–Crippen LogP) is 3.82. The summed E-state index contributed by atoms with van der Waals surface area (Å²) < 4.78 is 54.6. The number of carbonyl (C=O) groups is 1. The van der Waals surface area contributed by atoms with Crippen LogP contribution in [0.5, 0.6) is 0 Å². The quantitative estimate of drug-likeness (QED) is 0.413. The first-order valence-electron chi connectivity index (χ1n) is 12.4. The number of aromatic nitrogens is 3. The van der Waals surface area contributed by atoms with E-state index in [0.717, 1.165) is 19.1 Å².